The third-order valence-electron chi connectivity index (χ3n) is 4.12. The molecule has 0 spiro atoms. The lowest BCUT2D eigenvalue weighted by molar-refractivity contribution is -0.148. The molecule has 25 heavy (non-hydrogen) atoms. The van der Waals surface area contributed by atoms with Crippen molar-refractivity contribution in [1.29, 1.82) is 0 Å². The summed E-state index contributed by atoms with van der Waals surface area (Å²) in [4.78, 5) is 30.8. The van der Waals surface area contributed by atoms with Crippen LogP contribution in [0.15, 0.2) is 42.6 Å². The molecule has 0 bridgehead atoms. The van der Waals surface area contributed by atoms with Crippen LogP contribution in [0.3, 0.4) is 0 Å². The summed E-state index contributed by atoms with van der Waals surface area (Å²) >= 11 is 0. The second kappa shape index (κ2) is 6.43. The zero-order valence-corrected chi connectivity index (χ0v) is 14.3. The molecular formula is C18H19N3O4. The summed E-state index contributed by atoms with van der Waals surface area (Å²) in [5.41, 5.74) is -0.793. The van der Waals surface area contributed by atoms with Crippen molar-refractivity contribution in [2.45, 2.75) is 19.1 Å². The Balaban J connectivity index is 1.78. The van der Waals surface area contributed by atoms with E-state index in [0.29, 0.717) is 17.3 Å². The normalized spacial score (nSPS) is 19.0. The van der Waals surface area contributed by atoms with Crippen molar-refractivity contribution in [1.82, 2.24) is 10.3 Å². The first kappa shape index (κ1) is 16.8. The van der Waals surface area contributed by atoms with Gasteiger partial charge in [0, 0.05) is 19.8 Å². The third kappa shape index (κ3) is 3.00. The van der Waals surface area contributed by atoms with Crippen LogP contribution in [0.2, 0.25) is 0 Å². The van der Waals surface area contributed by atoms with Crippen LogP contribution in [-0.4, -0.2) is 36.6 Å². The minimum atomic E-state index is -1.65. The minimum absolute atomic E-state index is 0.256. The van der Waals surface area contributed by atoms with Crippen molar-refractivity contribution < 1.29 is 19.1 Å². The molecule has 7 heteroatoms. The summed E-state index contributed by atoms with van der Waals surface area (Å²) in [7, 11) is 3.15. The molecule has 1 aliphatic rings. The van der Waals surface area contributed by atoms with Crippen molar-refractivity contribution in [3.63, 3.8) is 0 Å². The Morgan fingerprint density at radius 3 is 2.92 bits per heavy atom. The second-order valence-electron chi connectivity index (χ2n) is 5.86. The number of rotatable bonds is 4. The van der Waals surface area contributed by atoms with Crippen molar-refractivity contribution in [3.05, 3.63) is 48.2 Å². The molecule has 1 atom stereocenters. The number of ether oxygens (including phenoxy) is 2. The Hall–Kier alpha value is -3.09. The molecule has 0 radical (unpaired) electrons. The summed E-state index contributed by atoms with van der Waals surface area (Å²) in [6.07, 6.45) is 1.57. The number of carbonyl (C=O) groups excluding carboxylic acids is 2. The van der Waals surface area contributed by atoms with E-state index in [1.54, 1.807) is 32.5 Å². The first-order chi connectivity index (χ1) is 12.0. The fourth-order valence-corrected chi connectivity index (χ4v) is 2.67. The van der Waals surface area contributed by atoms with Crippen LogP contribution in [0.1, 0.15) is 12.5 Å². The van der Waals surface area contributed by atoms with Gasteiger partial charge in [-0.1, -0.05) is 12.1 Å². The van der Waals surface area contributed by atoms with Gasteiger partial charge in [-0.2, -0.15) is 0 Å². The van der Waals surface area contributed by atoms with E-state index in [-0.39, 0.29) is 6.54 Å². The van der Waals surface area contributed by atoms with Crippen LogP contribution in [0, 0.1) is 0 Å². The lowest BCUT2D eigenvalue weighted by atomic mass is 10.0. The lowest BCUT2D eigenvalue weighted by Gasteiger charge is -2.36. The zero-order chi connectivity index (χ0) is 18.0. The number of aromatic nitrogens is 1. The summed E-state index contributed by atoms with van der Waals surface area (Å²) in [6, 6.07) is 10.7. The van der Waals surface area contributed by atoms with E-state index in [4.69, 9.17) is 9.47 Å². The lowest BCUT2D eigenvalue weighted by Crippen LogP contribution is -2.61. The van der Waals surface area contributed by atoms with E-state index in [9.17, 15) is 9.59 Å². The molecule has 2 aromatic rings. The number of hydrogen-bond donors (Lipinski definition) is 1. The number of fused-ring (bicyclic) bond motifs is 1. The molecule has 1 aliphatic heterocycles. The highest BCUT2D eigenvalue weighted by molar-refractivity contribution is 6.15. The highest BCUT2D eigenvalue weighted by atomic mass is 16.5. The maximum absolute atomic E-state index is 12.7. The fraction of sp³-hybridized carbons (Fsp3) is 0.278. The largest absolute Gasteiger partial charge is 0.497 e. The molecule has 0 aliphatic carbocycles. The van der Waals surface area contributed by atoms with E-state index in [2.05, 4.69) is 10.3 Å². The SMILES string of the molecule is COc1cccc(CNC(=O)[C@@]2(C)Oc3cccnc3N(C)C2=O)c1. The van der Waals surface area contributed by atoms with Crippen molar-refractivity contribution in [2.24, 2.45) is 0 Å². The van der Waals surface area contributed by atoms with E-state index in [0.717, 1.165) is 5.56 Å². The number of likely N-dealkylation sites (N-methyl/N-ethyl adjacent to an activating group) is 1. The molecule has 7 nitrogen and oxygen atoms in total. The smallest absolute Gasteiger partial charge is 0.281 e. The van der Waals surface area contributed by atoms with Gasteiger partial charge in [0.15, 0.2) is 11.6 Å². The van der Waals surface area contributed by atoms with Gasteiger partial charge < -0.3 is 14.8 Å². The topological polar surface area (TPSA) is 80.8 Å². The van der Waals surface area contributed by atoms with Gasteiger partial charge in [-0.15, -0.1) is 0 Å². The van der Waals surface area contributed by atoms with Gasteiger partial charge in [-0.05, 0) is 36.8 Å². The average Bonchev–Trinajstić information content (AvgIpc) is 2.64. The van der Waals surface area contributed by atoms with Gasteiger partial charge >= 0.3 is 0 Å². The maximum Gasteiger partial charge on any atom is 0.281 e. The number of pyridine rings is 1. The van der Waals surface area contributed by atoms with Crippen molar-refractivity contribution >= 4 is 17.6 Å². The Bertz CT molecular complexity index is 823. The number of methoxy groups -OCH3 is 1. The molecule has 1 aromatic heterocycles. The maximum atomic E-state index is 12.7. The van der Waals surface area contributed by atoms with Crippen LogP contribution in [0.25, 0.3) is 0 Å². The number of nitrogens with zero attached hydrogens (tertiary/aromatic N) is 2. The van der Waals surface area contributed by atoms with E-state index in [1.807, 2.05) is 24.3 Å². The molecule has 0 saturated heterocycles. The molecule has 3 rings (SSSR count). The molecule has 0 fully saturated rings. The molecule has 130 valence electrons. The van der Waals surface area contributed by atoms with Crippen molar-refractivity contribution in [2.75, 3.05) is 19.1 Å². The van der Waals surface area contributed by atoms with Crippen LogP contribution >= 0.6 is 0 Å². The standard InChI is InChI=1S/C18H19N3O4/c1-18(16(22)20-11-12-6-4-7-13(10-12)24-3)17(23)21(2)15-14(25-18)8-5-9-19-15/h4-10H,11H2,1-3H3,(H,20,22)/t18-/m1/s1. The van der Waals surface area contributed by atoms with Crippen molar-refractivity contribution in [3.8, 4) is 11.5 Å². The highest BCUT2D eigenvalue weighted by Crippen LogP contribution is 2.35. The quantitative estimate of drug-likeness (QED) is 0.853. The Morgan fingerprint density at radius 1 is 1.36 bits per heavy atom. The van der Waals surface area contributed by atoms with E-state index in [1.165, 1.54) is 11.8 Å². The van der Waals surface area contributed by atoms with Gasteiger partial charge in [0.25, 0.3) is 17.4 Å². The Kier molecular flexibility index (Phi) is 4.31. The molecule has 2 heterocycles. The van der Waals surface area contributed by atoms with Gasteiger partial charge in [-0.3, -0.25) is 14.5 Å². The number of hydrogen-bond acceptors (Lipinski definition) is 5. The summed E-state index contributed by atoms with van der Waals surface area (Å²) in [5, 5.41) is 2.75. The molecule has 1 aromatic carbocycles. The number of carbonyl (C=O) groups is 2. The number of nitrogens with one attached hydrogen (secondary N) is 1. The third-order valence-corrected chi connectivity index (χ3v) is 4.12. The van der Waals surface area contributed by atoms with Gasteiger partial charge in [0.1, 0.15) is 5.75 Å². The monoisotopic (exact) mass is 341 g/mol. The molecule has 1 N–H and O–H groups in total. The molecule has 0 saturated carbocycles. The molecular weight excluding hydrogens is 322 g/mol. The second-order valence-corrected chi connectivity index (χ2v) is 5.86. The minimum Gasteiger partial charge on any atom is -0.497 e. The van der Waals surface area contributed by atoms with Crippen LogP contribution in [0.5, 0.6) is 11.5 Å². The van der Waals surface area contributed by atoms with E-state index >= 15 is 0 Å². The number of amides is 2. The first-order valence-electron chi connectivity index (χ1n) is 7.79. The summed E-state index contributed by atoms with van der Waals surface area (Å²) in [5.74, 6) is 0.500. The zero-order valence-electron chi connectivity index (χ0n) is 14.3. The molecule has 0 unspecified atom stereocenters. The van der Waals surface area contributed by atoms with Gasteiger partial charge in [0.05, 0.1) is 7.11 Å². The van der Waals surface area contributed by atoms with Crippen LogP contribution in [0.4, 0.5) is 5.82 Å². The van der Waals surface area contributed by atoms with Gasteiger partial charge in [-0.25, -0.2) is 4.98 Å². The summed E-state index contributed by atoms with van der Waals surface area (Å²) < 4.78 is 10.9. The van der Waals surface area contributed by atoms with E-state index < -0.39 is 17.4 Å². The van der Waals surface area contributed by atoms with Gasteiger partial charge in [0.2, 0.25) is 0 Å². The fourth-order valence-electron chi connectivity index (χ4n) is 2.67. The number of benzene rings is 1. The van der Waals surface area contributed by atoms with Crippen LogP contribution < -0.4 is 19.7 Å². The van der Waals surface area contributed by atoms with Crippen LogP contribution in [-0.2, 0) is 16.1 Å². The highest BCUT2D eigenvalue weighted by Gasteiger charge is 2.50. The first-order valence-corrected chi connectivity index (χ1v) is 7.79. The molecule has 2 amide bonds. The summed E-state index contributed by atoms with van der Waals surface area (Å²) in [6.45, 7) is 1.72. The Morgan fingerprint density at radius 2 is 2.16 bits per heavy atom. The average molecular weight is 341 g/mol. The number of anilines is 1. The predicted molar refractivity (Wildman–Crippen MR) is 91.5 cm³/mol. The Labute approximate surface area is 145 Å². The predicted octanol–water partition coefficient (Wildman–Crippen LogP) is 1.52.